The van der Waals surface area contributed by atoms with Gasteiger partial charge in [-0.05, 0) is 51.8 Å². The zero-order valence-corrected chi connectivity index (χ0v) is 20.7. The summed E-state index contributed by atoms with van der Waals surface area (Å²) in [6.45, 7) is 6.32. The second-order valence-electron chi connectivity index (χ2n) is 9.26. The molecule has 2 heterocycles. The number of hydrogen-bond acceptors (Lipinski definition) is 9. The van der Waals surface area contributed by atoms with Crippen molar-refractivity contribution in [3.05, 3.63) is 35.3 Å². The second-order valence-corrected chi connectivity index (χ2v) is 9.26. The normalized spacial score (nSPS) is 17.2. The molecule has 1 saturated heterocycles. The van der Waals surface area contributed by atoms with Gasteiger partial charge >= 0.3 is 18.0 Å². The minimum absolute atomic E-state index is 0.0129. The topological polar surface area (TPSA) is 107 Å². The maximum Gasteiger partial charge on any atom is 0.407 e. The van der Waals surface area contributed by atoms with Crippen LogP contribution in [0.1, 0.15) is 33.6 Å². The lowest BCUT2D eigenvalue weighted by Crippen LogP contribution is -2.46. The van der Waals surface area contributed by atoms with Crippen LogP contribution in [0.5, 0.6) is 0 Å². The molecule has 11 heteroatoms. The standard InChI is InChI=1S/C24H32FN3O7/c1-24(2,3)35-23(31)26-16-8-10-27(11-9-16)18-7-6-15(25)12-19(18)28-14-34-13-17(21(29)32-4)20(28)22(30)33-5/h6-7,12,16H,8-11,13-14H2,1-5H3,(H,26,31). The summed E-state index contributed by atoms with van der Waals surface area (Å²) in [5, 5.41) is 2.89. The van der Waals surface area contributed by atoms with Crippen molar-refractivity contribution in [3.8, 4) is 0 Å². The van der Waals surface area contributed by atoms with Crippen molar-refractivity contribution in [1.29, 1.82) is 0 Å². The minimum atomic E-state index is -0.760. The average Bonchev–Trinajstić information content (AvgIpc) is 2.82. The van der Waals surface area contributed by atoms with Crippen molar-refractivity contribution in [3.63, 3.8) is 0 Å². The Balaban J connectivity index is 1.85. The summed E-state index contributed by atoms with van der Waals surface area (Å²) < 4.78 is 35.0. The first-order chi connectivity index (χ1) is 16.5. The number of benzene rings is 1. The maximum absolute atomic E-state index is 14.4. The summed E-state index contributed by atoms with van der Waals surface area (Å²) in [4.78, 5) is 40.5. The molecule has 0 radical (unpaired) electrons. The number of nitrogens with one attached hydrogen (secondary N) is 1. The second kappa shape index (κ2) is 10.9. The first-order valence-electron chi connectivity index (χ1n) is 11.3. The van der Waals surface area contributed by atoms with E-state index in [4.69, 9.17) is 18.9 Å². The molecule has 1 N–H and O–H groups in total. The van der Waals surface area contributed by atoms with Gasteiger partial charge in [0.1, 0.15) is 23.8 Å². The number of amides is 1. The Labute approximate surface area is 203 Å². The number of carbonyl (C=O) groups excluding carboxylic acids is 3. The van der Waals surface area contributed by atoms with E-state index in [-0.39, 0.29) is 30.6 Å². The number of ether oxygens (including phenoxy) is 4. The van der Waals surface area contributed by atoms with E-state index in [1.807, 2.05) is 4.90 Å². The predicted octanol–water partition coefficient (Wildman–Crippen LogP) is 2.71. The summed E-state index contributed by atoms with van der Waals surface area (Å²) in [5.74, 6) is -2.01. The zero-order chi connectivity index (χ0) is 25.8. The van der Waals surface area contributed by atoms with Gasteiger partial charge in [0.25, 0.3) is 0 Å². The Morgan fingerprint density at radius 3 is 2.31 bits per heavy atom. The highest BCUT2D eigenvalue weighted by molar-refractivity contribution is 6.04. The van der Waals surface area contributed by atoms with Crippen LogP contribution in [0.3, 0.4) is 0 Å². The van der Waals surface area contributed by atoms with Gasteiger partial charge < -0.3 is 34.1 Å². The van der Waals surface area contributed by atoms with Crippen LogP contribution < -0.4 is 15.1 Å². The number of esters is 2. The molecule has 0 aromatic heterocycles. The third-order valence-corrected chi connectivity index (χ3v) is 5.62. The molecule has 0 saturated carbocycles. The number of hydrogen-bond donors (Lipinski definition) is 1. The molecule has 10 nitrogen and oxygen atoms in total. The summed E-state index contributed by atoms with van der Waals surface area (Å²) >= 11 is 0. The highest BCUT2D eigenvalue weighted by Crippen LogP contribution is 2.36. The number of alkyl carbamates (subject to hydrolysis) is 1. The maximum atomic E-state index is 14.4. The largest absolute Gasteiger partial charge is 0.466 e. The molecular formula is C24H32FN3O7. The summed E-state index contributed by atoms with van der Waals surface area (Å²) in [6.07, 6.45) is 0.811. The van der Waals surface area contributed by atoms with Gasteiger partial charge in [-0.25, -0.2) is 18.8 Å². The van der Waals surface area contributed by atoms with E-state index in [0.29, 0.717) is 37.3 Å². The Bertz CT molecular complexity index is 997. The van der Waals surface area contributed by atoms with Gasteiger partial charge in [-0.1, -0.05) is 0 Å². The molecule has 2 aliphatic rings. The summed E-state index contributed by atoms with van der Waals surface area (Å²) in [6, 6.07) is 4.16. The number of anilines is 2. The fraction of sp³-hybridized carbons (Fsp3) is 0.542. The molecule has 0 unspecified atom stereocenters. The third kappa shape index (κ3) is 6.41. The van der Waals surface area contributed by atoms with Crippen LogP contribution in [0.15, 0.2) is 29.5 Å². The van der Waals surface area contributed by atoms with E-state index in [0.717, 1.165) is 0 Å². The molecular weight excluding hydrogens is 461 g/mol. The fourth-order valence-corrected chi connectivity index (χ4v) is 4.05. The predicted molar refractivity (Wildman–Crippen MR) is 125 cm³/mol. The van der Waals surface area contributed by atoms with Crippen molar-refractivity contribution in [1.82, 2.24) is 5.32 Å². The molecule has 0 spiro atoms. The minimum Gasteiger partial charge on any atom is -0.466 e. The van der Waals surface area contributed by atoms with Crippen molar-refractivity contribution in [2.45, 2.75) is 45.3 Å². The third-order valence-electron chi connectivity index (χ3n) is 5.62. The quantitative estimate of drug-likeness (QED) is 0.489. The van der Waals surface area contributed by atoms with E-state index in [1.54, 1.807) is 26.8 Å². The number of methoxy groups -OCH3 is 2. The van der Waals surface area contributed by atoms with E-state index >= 15 is 0 Å². The van der Waals surface area contributed by atoms with Crippen LogP contribution in [0.2, 0.25) is 0 Å². The number of nitrogens with zero attached hydrogens (tertiary/aromatic N) is 2. The van der Waals surface area contributed by atoms with Gasteiger partial charge in [0, 0.05) is 19.1 Å². The molecule has 2 aliphatic heterocycles. The van der Waals surface area contributed by atoms with Crippen molar-refractivity contribution in [2.24, 2.45) is 0 Å². The molecule has 1 amide bonds. The Hall–Kier alpha value is -3.34. The smallest absolute Gasteiger partial charge is 0.407 e. The molecule has 3 rings (SSSR count). The Kier molecular flexibility index (Phi) is 8.21. The van der Waals surface area contributed by atoms with Crippen molar-refractivity contribution >= 4 is 29.4 Å². The zero-order valence-electron chi connectivity index (χ0n) is 20.7. The SMILES string of the molecule is COC(=O)C1=C(C(=O)OC)N(c2cc(F)ccc2N2CCC(NC(=O)OC(C)(C)C)CC2)COC1. The highest BCUT2D eigenvalue weighted by Gasteiger charge is 2.35. The molecule has 1 fully saturated rings. The number of halogens is 1. The van der Waals surface area contributed by atoms with Crippen molar-refractivity contribution < 1.29 is 37.7 Å². The molecule has 0 atom stereocenters. The number of piperidine rings is 1. The number of rotatable bonds is 5. The van der Waals surface area contributed by atoms with E-state index < -0.39 is 29.5 Å². The van der Waals surface area contributed by atoms with Gasteiger partial charge in [0.15, 0.2) is 0 Å². The van der Waals surface area contributed by atoms with Gasteiger partial charge in [-0.2, -0.15) is 0 Å². The molecule has 1 aromatic carbocycles. The highest BCUT2D eigenvalue weighted by atomic mass is 19.1. The van der Waals surface area contributed by atoms with Gasteiger partial charge in [-0.15, -0.1) is 0 Å². The first-order valence-corrected chi connectivity index (χ1v) is 11.3. The van der Waals surface area contributed by atoms with E-state index in [9.17, 15) is 18.8 Å². The fourth-order valence-electron chi connectivity index (χ4n) is 4.05. The van der Waals surface area contributed by atoms with Crippen LogP contribution in [0.25, 0.3) is 0 Å². The molecule has 192 valence electrons. The van der Waals surface area contributed by atoms with Gasteiger partial charge in [0.2, 0.25) is 0 Å². The molecule has 0 bridgehead atoms. The molecule has 1 aromatic rings. The van der Waals surface area contributed by atoms with Crippen molar-refractivity contribution in [2.75, 3.05) is 50.4 Å². The molecule has 35 heavy (non-hydrogen) atoms. The molecule has 0 aliphatic carbocycles. The monoisotopic (exact) mass is 493 g/mol. The Morgan fingerprint density at radius 1 is 1.06 bits per heavy atom. The van der Waals surface area contributed by atoms with Crippen LogP contribution in [0.4, 0.5) is 20.6 Å². The van der Waals surface area contributed by atoms with E-state index in [2.05, 4.69) is 5.32 Å². The van der Waals surface area contributed by atoms with Gasteiger partial charge in [0.05, 0.1) is 37.8 Å². The first kappa shape index (κ1) is 26.3. The lowest BCUT2D eigenvalue weighted by molar-refractivity contribution is -0.140. The Morgan fingerprint density at radius 2 is 1.71 bits per heavy atom. The van der Waals surface area contributed by atoms with Crippen LogP contribution in [0, 0.1) is 5.82 Å². The van der Waals surface area contributed by atoms with E-state index in [1.165, 1.54) is 31.3 Å². The lowest BCUT2D eigenvalue weighted by atomic mass is 10.0. The lowest BCUT2D eigenvalue weighted by Gasteiger charge is -2.38. The van der Waals surface area contributed by atoms with Crippen LogP contribution >= 0.6 is 0 Å². The summed E-state index contributed by atoms with van der Waals surface area (Å²) in [7, 11) is 2.40. The number of carbonyl (C=O) groups is 3. The van der Waals surface area contributed by atoms with Crippen LogP contribution in [-0.2, 0) is 28.5 Å². The summed E-state index contributed by atoms with van der Waals surface area (Å²) in [5.41, 5.74) is 0.349. The average molecular weight is 494 g/mol. The van der Waals surface area contributed by atoms with Crippen LogP contribution in [-0.4, -0.2) is 70.3 Å². The van der Waals surface area contributed by atoms with Gasteiger partial charge in [-0.3, -0.25) is 0 Å².